The van der Waals surface area contributed by atoms with Gasteiger partial charge in [-0.2, -0.15) is 0 Å². The summed E-state index contributed by atoms with van der Waals surface area (Å²) in [5.74, 6) is 0.601. The number of aryl methyl sites for hydroxylation is 1. The fourth-order valence-corrected chi connectivity index (χ4v) is 5.21. The lowest BCUT2D eigenvalue weighted by Crippen LogP contribution is -2.37. The fraction of sp³-hybridized carbons (Fsp3) is 0.333. The predicted molar refractivity (Wildman–Crippen MR) is 155 cm³/mol. The van der Waals surface area contributed by atoms with Gasteiger partial charge < -0.3 is 20.0 Å². The predicted octanol–water partition coefficient (Wildman–Crippen LogP) is 3.69. The molecule has 9 nitrogen and oxygen atoms in total. The molecule has 0 unspecified atom stereocenters. The van der Waals surface area contributed by atoms with Crippen molar-refractivity contribution in [3.8, 4) is 5.69 Å². The maximum Gasteiger partial charge on any atom is 0.265 e. The normalized spacial score (nSPS) is 16.2. The molecule has 9 heteroatoms. The molecule has 0 spiro atoms. The number of rotatable bonds is 5. The molecule has 2 aliphatic rings. The zero-order chi connectivity index (χ0) is 26.9. The molecule has 2 aromatic heterocycles. The van der Waals surface area contributed by atoms with E-state index in [1.807, 2.05) is 43.3 Å². The summed E-state index contributed by atoms with van der Waals surface area (Å²) in [5.41, 5.74) is 4.33. The van der Waals surface area contributed by atoms with Gasteiger partial charge in [0.05, 0.1) is 16.6 Å². The minimum absolute atomic E-state index is 0.131. The van der Waals surface area contributed by atoms with Crippen molar-refractivity contribution in [2.45, 2.75) is 19.8 Å². The van der Waals surface area contributed by atoms with Crippen LogP contribution in [-0.4, -0.2) is 71.7 Å². The van der Waals surface area contributed by atoms with Gasteiger partial charge in [-0.1, -0.05) is 6.07 Å². The van der Waals surface area contributed by atoms with Gasteiger partial charge in [0.15, 0.2) is 0 Å². The molecule has 2 fully saturated rings. The van der Waals surface area contributed by atoms with Crippen molar-refractivity contribution in [1.29, 1.82) is 0 Å². The van der Waals surface area contributed by atoms with E-state index in [4.69, 9.17) is 0 Å². The number of amides is 1. The number of pyridine rings is 1. The first kappa shape index (κ1) is 25.1. The second-order valence-corrected chi connectivity index (χ2v) is 10.5. The lowest BCUT2D eigenvalue weighted by atomic mass is 10.1. The number of likely N-dealkylation sites (N-methyl/N-ethyl adjacent to an activating group) is 1. The molecule has 2 saturated heterocycles. The Balaban J connectivity index is 1.29. The molecule has 2 aromatic carbocycles. The van der Waals surface area contributed by atoms with E-state index < -0.39 is 0 Å². The highest BCUT2D eigenvalue weighted by Crippen LogP contribution is 2.24. The van der Waals surface area contributed by atoms with Gasteiger partial charge in [0.25, 0.3) is 11.5 Å². The molecule has 0 radical (unpaired) electrons. The fourth-order valence-electron chi connectivity index (χ4n) is 5.21. The van der Waals surface area contributed by atoms with E-state index in [1.165, 1.54) is 0 Å². The average Bonchev–Trinajstić information content (AvgIpc) is 3.14. The van der Waals surface area contributed by atoms with E-state index in [9.17, 15) is 9.59 Å². The summed E-state index contributed by atoms with van der Waals surface area (Å²) < 4.78 is 1.57. The molecule has 0 atom stereocenters. The summed E-state index contributed by atoms with van der Waals surface area (Å²) in [7, 11) is 2.15. The first-order valence-electron chi connectivity index (χ1n) is 13.5. The SMILES string of the molecule is Cc1ccc(NC(=O)c2ccnc(N3CCC3)c2)cc1-n1cnc2ccc(N3CCCN(C)CC3)cc2c1=O. The Hall–Kier alpha value is -4.24. The number of nitrogens with zero attached hydrogens (tertiary/aromatic N) is 6. The number of benzene rings is 2. The average molecular weight is 524 g/mol. The molecule has 0 saturated carbocycles. The van der Waals surface area contributed by atoms with E-state index in [0.29, 0.717) is 27.8 Å². The van der Waals surface area contributed by atoms with Crippen LogP contribution in [0.4, 0.5) is 17.2 Å². The van der Waals surface area contributed by atoms with Crippen LogP contribution in [0.15, 0.2) is 65.8 Å². The Labute approximate surface area is 227 Å². The van der Waals surface area contributed by atoms with Gasteiger partial charge >= 0.3 is 0 Å². The zero-order valence-corrected chi connectivity index (χ0v) is 22.4. The van der Waals surface area contributed by atoms with Crippen LogP contribution in [0.25, 0.3) is 16.6 Å². The smallest absolute Gasteiger partial charge is 0.265 e. The highest BCUT2D eigenvalue weighted by atomic mass is 16.1. The maximum absolute atomic E-state index is 13.7. The standard InChI is InChI=1S/C30H33N7O2/c1-21-5-6-23(33-29(38)22-9-10-31-28(17-22)36-13-4-14-36)18-27(21)37-20-32-26-8-7-24(19-25(26)30(37)39)35-12-3-11-34(2)15-16-35/h5-10,17-20H,3-4,11-16H2,1-2H3,(H,33,38). The summed E-state index contributed by atoms with van der Waals surface area (Å²) in [5, 5.41) is 3.56. The molecule has 39 heavy (non-hydrogen) atoms. The zero-order valence-electron chi connectivity index (χ0n) is 22.4. The molecule has 200 valence electrons. The van der Waals surface area contributed by atoms with Crippen molar-refractivity contribution in [2.75, 3.05) is 61.4 Å². The Morgan fingerprint density at radius 2 is 1.69 bits per heavy atom. The number of aromatic nitrogens is 3. The van der Waals surface area contributed by atoms with Crippen LogP contribution in [0.1, 0.15) is 28.8 Å². The molecule has 4 heterocycles. The molecule has 0 bridgehead atoms. The van der Waals surface area contributed by atoms with Gasteiger partial charge in [0, 0.05) is 55.9 Å². The Morgan fingerprint density at radius 1 is 0.872 bits per heavy atom. The van der Waals surface area contributed by atoms with Crippen LogP contribution in [-0.2, 0) is 0 Å². The number of hydrogen-bond donors (Lipinski definition) is 1. The van der Waals surface area contributed by atoms with Crippen molar-refractivity contribution >= 4 is 34.0 Å². The molecule has 6 rings (SSSR count). The third kappa shape index (κ3) is 5.09. The molecule has 1 amide bonds. The molecular formula is C30H33N7O2. The molecule has 1 N–H and O–H groups in total. The van der Waals surface area contributed by atoms with Crippen molar-refractivity contribution in [2.24, 2.45) is 0 Å². The maximum atomic E-state index is 13.7. The van der Waals surface area contributed by atoms with Crippen LogP contribution in [0.5, 0.6) is 0 Å². The highest BCUT2D eigenvalue weighted by molar-refractivity contribution is 6.04. The number of carbonyl (C=O) groups excluding carboxylic acids is 1. The minimum atomic E-state index is -0.217. The van der Waals surface area contributed by atoms with Gasteiger partial charge in [-0.3, -0.25) is 14.2 Å². The summed E-state index contributed by atoms with van der Waals surface area (Å²) in [4.78, 5) is 42.6. The Morgan fingerprint density at radius 3 is 2.51 bits per heavy atom. The number of fused-ring (bicyclic) bond motifs is 1. The Bertz CT molecular complexity index is 1590. The quantitative estimate of drug-likeness (QED) is 0.427. The van der Waals surface area contributed by atoms with E-state index in [1.54, 1.807) is 23.2 Å². The van der Waals surface area contributed by atoms with Gasteiger partial charge in [0.1, 0.15) is 12.1 Å². The van der Waals surface area contributed by atoms with Crippen molar-refractivity contribution in [1.82, 2.24) is 19.4 Å². The van der Waals surface area contributed by atoms with Gasteiger partial charge in [-0.05, 0) is 81.4 Å². The van der Waals surface area contributed by atoms with Crippen LogP contribution >= 0.6 is 0 Å². The number of anilines is 3. The van der Waals surface area contributed by atoms with Crippen molar-refractivity contribution < 1.29 is 4.79 Å². The number of nitrogens with one attached hydrogen (secondary N) is 1. The second kappa shape index (κ2) is 10.5. The largest absolute Gasteiger partial charge is 0.370 e. The summed E-state index contributed by atoms with van der Waals surface area (Å²) in [6.45, 7) is 7.83. The number of carbonyl (C=O) groups is 1. The highest BCUT2D eigenvalue weighted by Gasteiger charge is 2.18. The molecule has 4 aromatic rings. The monoisotopic (exact) mass is 523 g/mol. The number of hydrogen-bond acceptors (Lipinski definition) is 7. The summed E-state index contributed by atoms with van der Waals surface area (Å²) in [6, 6.07) is 15.1. The van der Waals surface area contributed by atoms with Crippen LogP contribution in [0.3, 0.4) is 0 Å². The lowest BCUT2D eigenvalue weighted by molar-refractivity contribution is 0.102. The van der Waals surface area contributed by atoms with E-state index in [-0.39, 0.29) is 11.5 Å². The third-order valence-corrected chi connectivity index (χ3v) is 7.74. The molecular weight excluding hydrogens is 490 g/mol. The van der Waals surface area contributed by atoms with Gasteiger partial charge in [-0.25, -0.2) is 9.97 Å². The molecule has 2 aliphatic heterocycles. The van der Waals surface area contributed by atoms with Crippen molar-refractivity contribution in [3.63, 3.8) is 0 Å². The van der Waals surface area contributed by atoms with E-state index in [0.717, 1.165) is 69.2 Å². The van der Waals surface area contributed by atoms with E-state index >= 15 is 0 Å². The van der Waals surface area contributed by atoms with Crippen LogP contribution in [0, 0.1) is 6.92 Å². The minimum Gasteiger partial charge on any atom is -0.370 e. The summed E-state index contributed by atoms with van der Waals surface area (Å²) in [6.07, 6.45) is 5.47. The van der Waals surface area contributed by atoms with Gasteiger partial charge in [0.2, 0.25) is 0 Å². The van der Waals surface area contributed by atoms with Crippen LogP contribution in [0.2, 0.25) is 0 Å². The van der Waals surface area contributed by atoms with Gasteiger partial charge in [-0.15, -0.1) is 0 Å². The first-order valence-corrected chi connectivity index (χ1v) is 13.5. The second-order valence-electron chi connectivity index (χ2n) is 10.5. The summed E-state index contributed by atoms with van der Waals surface area (Å²) >= 11 is 0. The van der Waals surface area contributed by atoms with Crippen LogP contribution < -0.4 is 20.7 Å². The first-order chi connectivity index (χ1) is 19.0. The lowest BCUT2D eigenvalue weighted by Gasteiger charge is -2.32. The topological polar surface area (TPSA) is 86.6 Å². The van der Waals surface area contributed by atoms with E-state index in [2.05, 4.69) is 43.1 Å². The Kier molecular flexibility index (Phi) is 6.74. The third-order valence-electron chi connectivity index (χ3n) is 7.74. The van der Waals surface area contributed by atoms with Crippen molar-refractivity contribution in [3.05, 3.63) is 82.5 Å². The molecule has 0 aliphatic carbocycles.